The quantitative estimate of drug-likeness (QED) is 0.658. The third kappa shape index (κ3) is 2.77. The molecule has 1 aliphatic carbocycles. The number of anilines is 1. The van der Waals surface area contributed by atoms with Crippen molar-refractivity contribution >= 4 is 24.5 Å². The maximum Gasteiger partial charge on any atom is 0.262 e. The first-order chi connectivity index (χ1) is 13.9. The van der Waals surface area contributed by atoms with Crippen LogP contribution in [-0.2, 0) is 10.0 Å². The van der Waals surface area contributed by atoms with E-state index >= 15 is 0 Å². The van der Waals surface area contributed by atoms with Crippen molar-refractivity contribution in [1.82, 2.24) is 4.98 Å². The van der Waals surface area contributed by atoms with E-state index in [-0.39, 0.29) is 10.6 Å². The molecular formula is C25H28N2OSi. The Morgan fingerprint density at radius 1 is 0.897 bits per heavy atom. The fraction of sp³-hybridized carbons (Fsp3) is 0.320. The molecule has 1 N–H and O–H groups in total. The maximum absolute atomic E-state index is 7.55. The van der Waals surface area contributed by atoms with Crippen molar-refractivity contribution in [3.8, 4) is 0 Å². The molecule has 2 aliphatic heterocycles. The molecule has 0 amide bonds. The van der Waals surface area contributed by atoms with Gasteiger partial charge in [-0.3, -0.25) is 0 Å². The number of pyridine rings is 1. The van der Waals surface area contributed by atoms with E-state index in [1.165, 1.54) is 15.9 Å². The number of benzene rings is 2. The fourth-order valence-corrected chi connectivity index (χ4v) is 10.0. The SMILES string of the molecule is CC(C)(C)[Si](OC12CC(C1)Nc1ncccc12)(c1ccccc1)c1ccccc1. The molecule has 148 valence electrons. The van der Waals surface area contributed by atoms with Crippen molar-refractivity contribution in [3.05, 3.63) is 84.6 Å². The van der Waals surface area contributed by atoms with Crippen LogP contribution in [0.25, 0.3) is 0 Å². The number of nitrogens with zero attached hydrogens (tertiary/aromatic N) is 1. The van der Waals surface area contributed by atoms with Gasteiger partial charge >= 0.3 is 0 Å². The highest BCUT2D eigenvalue weighted by atomic mass is 28.4. The van der Waals surface area contributed by atoms with E-state index in [2.05, 4.69) is 97.8 Å². The number of rotatable bonds is 4. The van der Waals surface area contributed by atoms with Gasteiger partial charge in [0.15, 0.2) is 0 Å². The minimum absolute atomic E-state index is 0.0250. The van der Waals surface area contributed by atoms with Crippen LogP contribution in [0, 0.1) is 0 Å². The summed E-state index contributed by atoms with van der Waals surface area (Å²) in [6, 6.07) is 26.5. The van der Waals surface area contributed by atoms with Crippen molar-refractivity contribution < 1.29 is 4.43 Å². The molecule has 0 atom stereocenters. The van der Waals surface area contributed by atoms with Crippen LogP contribution in [0.2, 0.25) is 5.04 Å². The van der Waals surface area contributed by atoms with E-state index in [4.69, 9.17) is 4.43 Å². The van der Waals surface area contributed by atoms with Crippen molar-refractivity contribution in [2.45, 2.75) is 50.3 Å². The second-order valence-corrected chi connectivity index (χ2v) is 13.6. The van der Waals surface area contributed by atoms with Crippen LogP contribution in [0.1, 0.15) is 39.2 Å². The van der Waals surface area contributed by atoms with Gasteiger partial charge in [-0.15, -0.1) is 0 Å². The Morgan fingerprint density at radius 2 is 1.48 bits per heavy atom. The van der Waals surface area contributed by atoms with Crippen LogP contribution < -0.4 is 15.7 Å². The van der Waals surface area contributed by atoms with Gasteiger partial charge in [-0.25, -0.2) is 4.98 Å². The van der Waals surface area contributed by atoms with Crippen molar-refractivity contribution in [2.75, 3.05) is 5.32 Å². The Balaban J connectivity index is 1.73. The third-order valence-corrected chi connectivity index (χ3v) is 11.7. The Kier molecular flexibility index (Phi) is 4.19. The molecule has 4 heteroatoms. The summed E-state index contributed by atoms with van der Waals surface area (Å²) in [6.07, 6.45) is 3.89. The van der Waals surface area contributed by atoms with Gasteiger partial charge in [0.2, 0.25) is 0 Å². The van der Waals surface area contributed by atoms with E-state index in [1.807, 2.05) is 12.3 Å². The van der Waals surface area contributed by atoms with Crippen LogP contribution >= 0.6 is 0 Å². The smallest absolute Gasteiger partial charge is 0.262 e. The largest absolute Gasteiger partial charge is 0.398 e. The molecule has 0 saturated heterocycles. The molecule has 1 fully saturated rings. The molecule has 1 aromatic heterocycles. The van der Waals surface area contributed by atoms with Crippen LogP contribution in [0.5, 0.6) is 0 Å². The van der Waals surface area contributed by atoms with E-state index in [0.717, 1.165) is 18.7 Å². The molecule has 6 rings (SSSR count). The lowest BCUT2D eigenvalue weighted by molar-refractivity contribution is -0.0374. The molecule has 3 nitrogen and oxygen atoms in total. The summed E-state index contributed by atoms with van der Waals surface area (Å²) in [6.45, 7) is 7.03. The molecule has 0 radical (unpaired) electrons. The lowest BCUT2D eigenvalue weighted by atomic mass is 9.68. The topological polar surface area (TPSA) is 34.1 Å². The Morgan fingerprint density at radius 3 is 2.03 bits per heavy atom. The molecule has 3 heterocycles. The molecule has 2 aromatic carbocycles. The van der Waals surface area contributed by atoms with Crippen LogP contribution in [0.3, 0.4) is 0 Å². The zero-order chi connectivity index (χ0) is 20.1. The summed E-state index contributed by atoms with van der Waals surface area (Å²) in [4.78, 5) is 4.61. The fourth-order valence-electron chi connectivity index (χ4n) is 5.22. The van der Waals surface area contributed by atoms with Gasteiger partial charge in [-0.2, -0.15) is 0 Å². The van der Waals surface area contributed by atoms with E-state index in [1.54, 1.807) is 0 Å². The summed E-state index contributed by atoms with van der Waals surface area (Å²) < 4.78 is 7.55. The lowest BCUT2D eigenvalue weighted by Crippen LogP contribution is -2.71. The van der Waals surface area contributed by atoms with Gasteiger partial charge < -0.3 is 9.74 Å². The molecule has 2 bridgehead atoms. The van der Waals surface area contributed by atoms with Gasteiger partial charge in [-0.1, -0.05) is 87.5 Å². The van der Waals surface area contributed by atoms with Crippen molar-refractivity contribution in [3.63, 3.8) is 0 Å². The van der Waals surface area contributed by atoms with Crippen molar-refractivity contribution in [2.24, 2.45) is 0 Å². The zero-order valence-corrected chi connectivity index (χ0v) is 18.4. The average molecular weight is 401 g/mol. The second kappa shape index (κ2) is 6.54. The molecule has 0 unspecified atom stereocenters. The van der Waals surface area contributed by atoms with Crippen molar-refractivity contribution in [1.29, 1.82) is 0 Å². The van der Waals surface area contributed by atoms with Crippen LogP contribution in [0.15, 0.2) is 79.0 Å². The van der Waals surface area contributed by atoms with Gasteiger partial charge in [0.05, 0.1) is 5.60 Å². The summed E-state index contributed by atoms with van der Waals surface area (Å²) in [5.74, 6) is 0.993. The molecule has 3 aromatic rings. The molecule has 1 saturated carbocycles. The number of aromatic nitrogens is 1. The zero-order valence-electron chi connectivity index (χ0n) is 17.4. The van der Waals surface area contributed by atoms with Gasteiger partial charge in [0, 0.05) is 30.6 Å². The summed E-state index contributed by atoms with van der Waals surface area (Å²) in [5, 5.41) is 6.22. The van der Waals surface area contributed by atoms with E-state index in [0.29, 0.717) is 6.04 Å². The highest BCUT2D eigenvalue weighted by Gasteiger charge is 2.60. The first-order valence-electron chi connectivity index (χ1n) is 10.5. The second-order valence-electron chi connectivity index (χ2n) is 9.41. The normalized spacial score (nSPS) is 22.9. The van der Waals surface area contributed by atoms with Gasteiger partial charge in [0.1, 0.15) is 5.82 Å². The van der Waals surface area contributed by atoms with Gasteiger partial charge in [0.25, 0.3) is 8.32 Å². The molecule has 3 aliphatic rings. The van der Waals surface area contributed by atoms with E-state index in [9.17, 15) is 0 Å². The Hall–Kier alpha value is -2.43. The van der Waals surface area contributed by atoms with E-state index < -0.39 is 8.32 Å². The summed E-state index contributed by atoms with van der Waals surface area (Å²) in [5.41, 5.74) is 0.959. The van der Waals surface area contributed by atoms with Gasteiger partial charge in [-0.05, 0) is 21.5 Å². The lowest BCUT2D eigenvalue weighted by Gasteiger charge is -2.58. The highest BCUT2D eigenvalue weighted by molar-refractivity contribution is 6.99. The van der Waals surface area contributed by atoms with Crippen LogP contribution in [0.4, 0.5) is 5.82 Å². The summed E-state index contributed by atoms with van der Waals surface area (Å²) in [7, 11) is -2.60. The maximum atomic E-state index is 7.55. The Bertz CT molecular complexity index is 968. The first kappa shape index (κ1) is 18.6. The minimum Gasteiger partial charge on any atom is -0.398 e. The standard InChI is InChI=1S/C25H28N2OSi/c1-24(2,3)29(20-11-6-4-7-12-20,21-13-8-5-9-14-21)28-25-17-19(18-25)27-23-22(25)15-10-16-26-23/h4-16,19H,17-18H2,1-3H3,(H,26,27). The minimum atomic E-state index is -2.60. The first-order valence-corrected chi connectivity index (χ1v) is 12.4. The predicted octanol–water partition coefficient (Wildman–Crippen LogP) is 4.44. The average Bonchev–Trinajstić information content (AvgIpc) is 2.71. The monoisotopic (exact) mass is 400 g/mol. The Labute approximate surface area is 174 Å². The molecule has 29 heavy (non-hydrogen) atoms. The number of hydrogen-bond acceptors (Lipinski definition) is 3. The molecule has 0 spiro atoms. The third-order valence-electron chi connectivity index (χ3n) is 6.56. The molecular weight excluding hydrogens is 372 g/mol. The number of nitrogens with one attached hydrogen (secondary N) is 1. The predicted molar refractivity (Wildman–Crippen MR) is 121 cm³/mol. The highest BCUT2D eigenvalue weighted by Crippen LogP contribution is 2.55. The van der Waals surface area contributed by atoms with Crippen LogP contribution in [-0.4, -0.2) is 19.3 Å². The number of hydrogen-bond donors (Lipinski definition) is 1. The summed E-state index contributed by atoms with van der Waals surface area (Å²) >= 11 is 0.